The summed E-state index contributed by atoms with van der Waals surface area (Å²) < 4.78 is 11.2. The molecule has 280 valence electrons. The number of aromatic nitrogens is 4. The Hall–Kier alpha value is -7.41. The molecule has 60 heavy (non-hydrogen) atoms. The smallest absolute Gasteiger partial charge is 0.164 e. The third-order valence-corrected chi connectivity index (χ3v) is 14.3. The number of nitrogens with zero attached hydrogens (tertiary/aromatic N) is 4. The fraction of sp³-hybridized carbons (Fsp3) is 0.0556. The van der Waals surface area contributed by atoms with Gasteiger partial charge < -0.3 is 8.82 Å². The molecular formula is C54H32N4OS. The zero-order valence-corrected chi connectivity index (χ0v) is 33.4. The summed E-state index contributed by atoms with van der Waals surface area (Å²) in [5.74, 6) is 1.90. The van der Waals surface area contributed by atoms with E-state index in [-0.39, 0.29) is 5.41 Å². The van der Waals surface area contributed by atoms with Gasteiger partial charge in [0.2, 0.25) is 0 Å². The Bertz CT molecular complexity index is 3980. The van der Waals surface area contributed by atoms with E-state index in [1.165, 1.54) is 80.5 Å². The van der Waals surface area contributed by atoms with Gasteiger partial charge in [-0.2, -0.15) is 0 Å². The van der Waals surface area contributed by atoms with E-state index >= 15 is 0 Å². The molecule has 5 nitrogen and oxygen atoms in total. The summed E-state index contributed by atoms with van der Waals surface area (Å²) in [7, 11) is 0. The number of hydrogen-bond donors (Lipinski definition) is 0. The Kier molecular flexibility index (Phi) is 6.19. The van der Waals surface area contributed by atoms with E-state index in [2.05, 4.69) is 158 Å². The molecule has 13 aromatic rings. The quantitative estimate of drug-likeness (QED) is 0.179. The molecule has 0 bridgehead atoms. The maximum absolute atomic E-state index is 6.24. The molecule has 0 amide bonds. The Morgan fingerprint density at radius 2 is 1.07 bits per heavy atom. The molecule has 0 fully saturated rings. The van der Waals surface area contributed by atoms with E-state index in [1.54, 1.807) is 0 Å². The van der Waals surface area contributed by atoms with Gasteiger partial charge in [-0.25, -0.2) is 15.0 Å². The molecule has 6 heteroatoms. The van der Waals surface area contributed by atoms with E-state index in [9.17, 15) is 0 Å². The van der Waals surface area contributed by atoms with Crippen LogP contribution in [0.1, 0.15) is 25.0 Å². The van der Waals surface area contributed by atoms with Crippen LogP contribution in [0.3, 0.4) is 0 Å². The van der Waals surface area contributed by atoms with Crippen molar-refractivity contribution in [3.05, 3.63) is 169 Å². The number of rotatable bonds is 3. The maximum Gasteiger partial charge on any atom is 0.164 e. The Morgan fingerprint density at radius 1 is 0.450 bits per heavy atom. The predicted molar refractivity (Wildman–Crippen MR) is 249 cm³/mol. The topological polar surface area (TPSA) is 56.2 Å². The SMILES string of the molecule is CC1(C)c2ccccc2-c2cc(-c3nc(-c4ccc5oc6ccccc6c5c4)nc(-c4cc5sc6ccc7c8ccccc8n8c9ccccc9c(c4)c5c6c78)n3)ccc21. The summed E-state index contributed by atoms with van der Waals surface area (Å²) in [6.45, 7) is 4.63. The lowest BCUT2D eigenvalue weighted by atomic mass is 9.82. The number of furan rings is 1. The number of thiophene rings is 1. The zero-order chi connectivity index (χ0) is 39.4. The van der Waals surface area contributed by atoms with Crippen molar-refractivity contribution in [2.24, 2.45) is 0 Å². The fourth-order valence-electron chi connectivity index (χ4n) is 10.4. The molecule has 1 aliphatic rings. The molecule has 0 radical (unpaired) electrons. The summed E-state index contributed by atoms with van der Waals surface area (Å²) in [6, 6.07) is 56.8. The van der Waals surface area contributed by atoms with Gasteiger partial charge in [-0.05, 0) is 88.3 Å². The van der Waals surface area contributed by atoms with Crippen LogP contribution in [0, 0.1) is 0 Å². The van der Waals surface area contributed by atoms with Crippen molar-refractivity contribution in [1.29, 1.82) is 0 Å². The summed E-state index contributed by atoms with van der Waals surface area (Å²) in [6.07, 6.45) is 0. The lowest BCUT2D eigenvalue weighted by Gasteiger charge is -2.21. The van der Waals surface area contributed by atoms with Crippen molar-refractivity contribution in [1.82, 2.24) is 19.4 Å². The van der Waals surface area contributed by atoms with Crippen LogP contribution in [0.5, 0.6) is 0 Å². The first-order valence-electron chi connectivity index (χ1n) is 20.4. The Balaban J connectivity index is 1.06. The molecule has 0 atom stereocenters. The van der Waals surface area contributed by atoms with Crippen molar-refractivity contribution in [2.45, 2.75) is 19.3 Å². The minimum absolute atomic E-state index is 0.0997. The highest BCUT2D eigenvalue weighted by molar-refractivity contribution is 7.26. The Labute approximate surface area is 347 Å². The molecule has 5 aromatic heterocycles. The van der Waals surface area contributed by atoms with Gasteiger partial charge >= 0.3 is 0 Å². The van der Waals surface area contributed by atoms with Crippen LogP contribution in [-0.4, -0.2) is 19.4 Å². The van der Waals surface area contributed by atoms with Gasteiger partial charge in [0.15, 0.2) is 17.5 Å². The van der Waals surface area contributed by atoms with Crippen LogP contribution in [0.25, 0.3) is 125 Å². The molecule has 0 aliphatic heterocycles. The molecule has 8 aromatic carbocycles. The molecule has 0 saturated carbocycles. The highest BCUT2D eigenvalue weighted by atomic mass is 32.1. The van der Waals surface area contributed by atoms with E-state index in [1.807, 2.05) is 29.5 Å². The molecule has 0 saturated heterocycles. The molecule has 5 heterocycles. The minimum Gasteiger partial charge on any atom is -0.456 e. The minimum atomic E-state index is -0.0997. The van der Waals surface area contributed by atoms with E-state index < -0.39 is 0 Å². The first-order chi connectivity index (χ1) is 29.5. The third kappa shape index (κ3) is 4.23. The van der Waals surface area contributed by atoms with Gasteiger partial charge in [-0.3, -0.25) is 0 Å². The zero-order valence-electron chi connectivity index (χ0n) is 32.6. The van der Waals surface area contributed by atoms with Crippen LogP contribution in [0.2, 0.25) is 0 Å². The predicted octanol–water partition coefficient (Wildman–Crippen LogP) is 14.6. The van der Waals surface area contributed by atoms with E-state index in [4.69, 9.17) is 19.4 Å². The van der Waals surface area contributed by atoms with Crippen molar-refractivity contribution < 1.29 is 4.42 Å². The van der Waals surface area contributed by atoms with Crippen LogP contribution in [0.4, 0.5) is 0 Å². The largest absolute Gasteiger partial charge is 0.456 e. The first kappa shape index (κ1) is 32.5. The number of benzene rings is 8. The van der Waals surface area contributed by atoms with Gasteiger partial charge in [0, 0.05) is 69.2 Å². The monoisotopic (exact) mass is 784 g/mol. The second-order valence-electron chi connectivity index (χ2n) is 16.7. The summed E-state index contributed by atoms with van der Waals surface area (Å²) in [4.78, 5) is 16.0. The van der Waals surface area contributed by atoms with E-state index in [0.717, 1.165) is 38.6 Å². The second kappa shape index (κ2) is 11.4. The van der Waals surface area contributed by atoms with Crippen molar-refractivity contribution >= 4 is 91.5 Å². The highest BCUT2D eigenvalue weighted by Crippen LogP contribution is 2.50. The number of fused-ring (bicyclic) bond motifs is 12. The third-order valence-electron chi connectivity index (χ3n) is 13.2. The summed E-state index contributed by atoms with van der Waals surface area (Å²) in [5.41, 5.74) is 13.2. The molecule has 0 spiro atoms. The van der Waals surface area contributed by atoms with E-state index in [0.29, 0.717) is 17.5 Å². The maximum atomic E-state index is 6.24. The normalized spacial score (nSPS) is 13.6. The van der Waals surface area contributed by atoms with Crippen LogP contribution >= 0.6 is 11.3 Å². The van der Waals surface area contributed by atoms with Gasteiger partial charge in [0.25, 0.3) is 0 Å². The fourth-order valence-corrected chi connectivity index (χ4v) is 11.6. The summed E-state index contributed by atoms with van der Waals surface area (Å²) >= 11 is 1.84. The van der Waals surface area contributed by atoms with Crippen molar-refractivity contribution in [2.75, 3.05) is 0 Å². The van der Waals surface area contributed by atoms with Gasteiger partial charge in [-0.1, -0.05) is 111 Å². The van der Waals surface area contributed by atoms with Crippen molar-refractivity contribution in [3.8, 4) is 45.3 Å². The molecule has 1 aliphatic carbocycles. The highest BCUT2D eigenvalue weighted by Gasteiger charge is 2.35. The van der Waals surface area contributed by atoms with Crippen LogP contribution in [-0.2, 0) is 5.41 Å². The summed E-state index contributed by atoms with van der Waals surface area (Å²) in [5, 5.41) is 9.62. The van der Waals surface area contributed by atoms with Crippen molar-refractivity contribution in [3.63, 3.8) is 0 Å². The van der Waals surface area contributed by atoms with Gasteiger partial charge in [0.05, 0.1) is 16.6 Å². The van der Waals surface area contributed by atoms with Gasteiger partial charge in [-0.15, -0.1) is 11.3 Å². The molecule has 0 unspecified atom stereocenters. The van der Waals surface area contributed by atoms with Crippen LogP contribution in [0.15, 0.2) is 162 Å². The molecular weight excluding hydrogens is 753 g/mol. The average molecular weight is 785 g/mol. The van der Waals surface area contributed by atoms with Gasteiger partial charge in [0.1, 0.15) is 11.2 Å². The second-order valence-corrected chi connectivity index (χ2v) is 17.8. The first-order valence-corrected chi connectivity index (χ1v) is 21.2. The standard InChI is InChI=1S/C54H32N4OS/c1-54(2)40-15-7-3-11-32(40)37-25-29(19-22-41(37)54)51-55-52(30-20-23-45-38(26-30)35-14-6-10-18-44(35)59-45)57-53(56-51)31-27-39-34-13-5-9-17-43(34)58-42-16-8-4-12-33(42)36-21-24-46-49(50(36)58)48(39)47(28-31)60-46/h3-28H,1-2H3. The number of hydrogen-bond acceptors (Lipinski definition) is 5. The molecule has 14 rings (SSSR count). The molecule has 0 N–H and O–H groups in total. The lowest BCUT2D eigenvalue weighted by Crippen LogP contribution is -2.14. The number of para-hydroxylation sites is 3. The lowest BCUT2D eigenvalue weighted by molar-refractivity contribution is 0.660. The Morgan fingerprint density at radius 3 is 1.88 bits per heavy atom. The van der Waals surface area contributed by atoms with Crippen LogP contribution < -0.4 is 0 Å². The average Bonchev–Trinajstić information content (AvgIpc) is 4.00.